The van der Waals surface area contributed by atoms with Gasteiger partial charge in [-0.2, -0.15) is 9.97 Å². The Labute approximate surface area is 465 Å². The fraction of sp³-hybridized carbons (Fsp3) is 0.386. The summed E-state index contributed by atoms with van der Waals surface area (Å²) in [6, 6.07) is 16.1. The number of aliphatic hydroxyl groups excluding tert-OH is 1. The Hall–Kier alpha value is -8.05. The highest BCUT2D eigenvalue weighted by Crippen LogP contribution is 2.45. The molecule has 2 amide bonds. The first-order chi connectivity index (χ1) is 37.4. The van der Waals surface area contributed by atoms with Gasteiger partial charge in [-0.3, -0.25) is 19.4 Å². The summed E-state index contributed by atoms with van der Waals surface area (Å²) in [6.45, 7) is 29.9. The number of halogens is 2. The lowest BCUT2D eigenvalue weighted by molar-refractivity contribution is -0.121. The maximum atomic E-state index is 15.8. The number of aryl methyl sites for hydroxylation is 2. The number of rotatable bonds is 13. The maximum absolute atomic E-state index is 15.8. The quantitative estimate of drug-likeness (QED) is 0.0498. The largest absolute Gasteiger partial charge is 0.508 e. The molecular weight excluding hydrogens is 1050 g/mol. The minimum atomic E-state index is -1.17. The van der Waals surface area contributed by atoms with Crippen molar-refractivity contribution in [3.8, 4) is 11.8 Å². The Morgan fingerprint density at radius 3 is 1.46 bits per heavy atom. The number of carbonyl (C=O) groups excluding carboxylic acids is 3. The normalized spacial score (nSPS) is 16.7. The van der Waals surface area contributed by atoms with E-state index in [-0.39, 0.29) is 83.1 Å². The molecule has 18 nitrogen and oxygen atoms in total. The van der Waals surface area contributed by atoms with Crippen LogP contribution in [0.2, 0.25) is 0 Å². The van der Waals surface area contributed by atoms with Gasteiger partial charge in [0.25, 0.3) is 11.8 Å². The Bertz CT molecular complexity index is 3630. The maximum Gasteiger partial charge on any atom is 0.508 e. The van der Waals surface area contributed by atoms with Gasteiger partial charge in [0.15, 0.2) is 33.2 Å². The summed E-state index contributed by atoms with van der Waals surface area (Å²) in [7, 11) is 0. The van der Waals surface area contributed by atoms with Crippen LogP contribution in [0.5, 0.6) is 11.8 Å². The van der Waals surface area contributed by atoms with E-state index in [0.29, 0.717) is 62.1 Å². The van der Waals surface area contributed by atoms with Crippen LogP contribution in [0.25, 0.3) is 31.5 Å². The summed E-state index contributed by atoms with van der Waals surface area (Å²) in [4.78, 5) is 70.2. The predicted molar refractivity (Wildman–Crippen MR) is 301 cm³/mol. The topological polar surface area (TPSA) is 182 Å². The van der Waals surface area contributed by atoms with Crippen molar-refractivity contribution >= 4 is 109 Å². The smallest absolute Gasteiger partial charge is 0.475 e. The number of amides is 2. The van der Waals surface area contributed by atoms with Crippen LogP contribution in [0.15, 0.2) is 60.7 Å². The third-order valence-electron chi connectivity index (χ3n) is 13.6. The molecule has 2 aliphatic heterocycles. The van der Waals surface area contributed by atoms with E-state index in [9.17, 15) is 19.5 Å². The van der Waals surface area contributed by atoms with Crippen LogP contribution in [0, 0.1) is 38.6 Å². The summed E-state index contributed by atoms with van der Waals surface area (Å²) in [5.41, 5.74) is 1.35. The van der Waals surface area contributed by atoms with Crippen LogP contribution in [0.4, 0.5) is 47.7 Å². The van der Waals surface area contributed by atoms with Crippen LogP contribution < -0.4 is 29.1 Å². The average molecular weight is 1110 g/mol. The number of fused-ring (bicyclic) bond motifs is 2. The van der Waals surface area contributed by atoms with Crippen LogP contribution in [-0.2, 0) is 19.1 Å². The zero-order chi connectivity index (χ0) is 57.0. The van der Waals surface area contributed by atoms with Gasteiger partial charge in [0.1, 0.15) is 59.2 Å². The Morgan fingerprint density at radius 1 is 0.671 bits per heavy atom. The van der Waals surface area contributed by atoms with Crippen molar-refractivity contribution in [1.82, 2.24) is 19.9 Å². The van der Waals surface area contributed by atoms with Crippen LogP contribution in [-0.4, -0.2) is 96.3 Å². The second kappa shape index (κ2) is 21.3. The molecule has 408 valence electrons. The second-order valence-electron chi connectivity index (χ2n) is 21.5. The number of thiocarbonyl (C=S) groups is 2. The van der Waals surface area contributed by atoms with Gasteiger partial charge in [0, 0.05) is 34.6 Å². The minimum Gasteiger partial charge on any atom is -0.475 e. The number of hydrogen-bond donors (Lipinski definition) is 1. The molecule has 4 aliphatic rings. The van der Waals surface area contributed by atoms with Crippen molar-refractivity contribution < 1.29 is 47.2 Å². The highest BCUT2D eigenvalue weighted by molar-refractivity contribution is 7.81. The lowest BCUT2D eigenvalue weighted by atomic mass is 10.0. The zero-order valence-electron chi connectivity index (χ0n) is 44.9. The molecule has 10 rings (SSSR count). The second-order valence-corrected chi connectivity index (χ2v) is 22.2. The molecule has 4 aromatic carbocycles. The number of anilines is 4. The van der Waals surface area contributed by atoms with Gasteiger partial charge in [-0.25, -0.2) is 33.2 Å². The minimum absolute atomic E-state index is 0.00189. The standard InChI is InChI=1S/C31H32FN5O5S.C26H24FN5O3S/c1-17-14-19(10-11-23(17)33-7)36-27(38)31(5,6)37(28(36)43)20-15-21-24(22(32)16-20)34-25(18-8-9-18)35-26(21)40-12-13-41-29(39)42-30(2,3)4;1-14-11-16(7-8-20(14)28-4)31-24(34)26(2,3)32(25(31)36)17-12-18-21(19(27)13-17)29-22(15-5-6-15)30-23(18)35-10-9-33/h10-11,14-16,18H,8-9,12-13H2,1-6H3;7-8,11-13,15,33H,5-6,9-10H2,1-3H3. The van der Waals surface area contributed by atoms with Gasteiger partial charge in [-0.1, -0.05) is 12.1 Å². The summed E-state index contributed by atoms with van der Waals surface area (Å²) in [6.07, 6.45) is 2.85. The SMILES string of the molecule is [C-]#[N+]c1ccc(N2C(=O)C(C)(C)N(c3cc(F)c4nc(C5CC5)nc(OCCO)c4c3)C2=S)cc1C.[C-]#[N+]c1ccc(N2C(=O)C(C)(C)N(c3cc(F)c4nc(C5CC5)nc(OCCOC(=O)OC(C)(C)C)c4c3)C2=S)cc1C. The molecule has 2 saturated carbocycles. The van der Waals surface area contributed by atoms with Crippen LogP contribution >= 0.6 is 24.4 Å². The average Bonchev–Trinajstić information content (AvgIpc) is 4.40. The van der Waals surface area contributed by atoms with E-state index in [1.807, 2.05) is 0 Å². The summed E-state index contributed by atoms with van der Waals surface area (Å²) >= 11 is 11.5. The van der Waals surface area contributed by atoms with E-state index < -0.39 is 34.5 Å². The Balaban J connectivity index is 0.000000195. The van der Waals surface area contributed by atoms with Gasteiger partial charge in [0.2, 0.25) is 11.8 Å². The van der Waals surface area contributed by atoms with Crippen molar-refractivity contribution in [2.75, 3.05) is 46.0 Å². The molecule has 1 N–H and O–H groups in total. The van der Waals surface area contributed by atoms with Crippen molar-refractivity contribution in [1.29, 1.82) is 0 Å². The molecule has 0 spiro atoms. The predicted octanol–water partition coefficient (Wildman–Crippen LogP) is 11.5. The van der Waals surface area contributed by atoms with E-state index in [4.69, 9.17) is 56.5 Å². The monoisotopic (exact) mass is 1110 g/mol. The number of ether oxygens (including phenoxy) is 4. The Kier molecular flexibility index (Phi) is 15.0. The molecule has 2 aromatic heterocycles. The van der Waals surface area contributed by atoms with E-state index in [0.717, 1.165) is 31.2 Å². The number of benzene rings is 4. The van der Waals surface area contributed by atoms with Gasteiger partial charge in [-0.05, 0) is 172 Å². The summed E-state index contributed by atoms with van der Waals surface area (Å²) < 4.78 is 53.1. The number of nitrogens with zero attached hydrogens (tertiary/aromatic N) is 10. The number of carbonyl (C=O) groups is 3. The first kappa shape index (κ1) is 55.7. The molecule has 22 heteroatoms. The fourth-order valence-electron chi connectivity index (χ4n) is 9.26. The first-order valence-electron chi connectivity index (χ1n) is 25.5. The molecule has 0 radical (unpaired) electrons. The van der Waals surface area contributed by atoms with Crippen molar-refractivity contribution in [2.24, 2.45) is 0 Å². The molecule has 79 heavy (non-hydrogen) atoms. The van der Waals surface area contributed by atoms with Gasteiger partial charge in [0.05, 0.1) is 30.5 Å². The van der Waals surface area contributed by atoms with E-state index in [2.05, 4.69) is 29.6 Å². The summed E-state index contributed by atoms with van der Waals surface area (Å²) in [5, 5.41) is 10.2. The number of aliphatic hydroxyl groups is 1. The van der Waals surface area contributed by atoms with Crippen LogP contribution in [0.3, 0.4) is 0 Å². The molecule has 4 fully saturated rings. The fourth-order valence-corrected chi connectivity index (χ4v) is 10.3. The highest BCUT2D eigenvalue weighted by atomic mass is 32.1. The third-order valence-corrected chi connectivity index (χ3v) is 14.3. The number of aromatic nitrogens is 4. The molecule has 2 saturated heterocycles. The number of hydrogen-bond acceptors (Lipinski definition) is 14. The molecule has 4 heterocycles. The third kappa shape index (κ3) is 10.9. The highest BCUT2D eigenvalue weighted by Gasteiger charge is 2.52. The van der Waals surface area contributed by atoms with Gasteiger partial charge < -0.3 is 33.9 Å². The lowest BCUT2D eigenvalue weighted by Crippen LogP contribution is -2.44. The zero-order valence-corrected chi connectivity index (χ0v) is 46.6. The Morgan fingerprint density at radius 2 is 1.09 bits per heavy atom. The summed E-state index contributed by atoms with van der Waals surface area (Å²) in [5.74, 6) is -0.140. The molecule has 0 unspecified atom stereocenters. The van der Waals surface area contributed by atoms with Crippen molar-refractivity contribution in [3.63, 3.8) is 0 Å². The molecule has 0 atom stereocenters. The molecule has 6 aromatic rings. The molecular formula is C57H56F2N10O8S2. The van der Waals surface area contributed by atoms with Crippen LogP contribution in [0.1, 0.15) is 109 Å². The molecule has 0 bridgehead atoms. The van der Waals surface area contributed by atoms with Crippen molar-refractivity contribution in [3.05, 3.63) is 118 Å². The first-order valence-corrected chi connectivity index (χ1v) is 26.3. The van der Waals surface area contributed by atoms with Gasteiger partial charge in [-0.15, -0.1) is 0 Å². The van der Waals surface area contributed by atoms with Crippen molar-refractivity contribution in [2.45, 2.75) is 117 Å². The molecule has 2 aliphatic carbocycles. The van der Waals surface area contributed by atoms with Gasteiger partial charge >= 0.3 is 6.16 Å². The lowest BCUT2D eigenvalue weighted by Gasteiger charge is -2.29. The van der Waals surface area contributed by atoms with E-state index in [1.165, 1.54) is 21.9 Å². The van der Waals surface area contributed by atoms with E-state index in [1.54, 1.807) is 121 Å². The van der Waals surface area contributed by atoms with E-state index >= 15 is 8.78 Å².